The van der Waals surface area contributed by atoms with Gasteiger partial charge in [0.15, 0.2) is 11.6 Å². The van der Waals surface area contributed by atoms with E-state index in [-0.39, 0.29) is 11.6 Å². The van der Waals surface area contributed by atoms with Crippen molar-refractivity contribution in [1.82, 2.24) is 0 Å². The molecule has 0 atom stereocenters. The van der Waals surface area contributed by atoms with E-state index in [0.29, 0.717) is 33.4 Å². The van der Waals surface area contributed by atoms with Crippen LogP contribution in [0.3, 0.4) is 0 Å². The molecule has 0 N–H and O–H groups in total. The van der Waals surface area contributed by atoms with Gasteiger partial charge in [-0.2, -0.15) is 46.8 Å². The van der Waals surface area contributed by atoms with E-state index < -0.39 is 67.6 Å². The van der Waals surface area contributed by atoms with Gasteiger partial charge < -0.3 is 0 Å². The van der Waals surface area contributed by atoms with Crippen molar-refractivity contribution in [3.05, 3.63) is 118 Å². The average molecular weight is 779 g/mol. The molecule has 0 radical (unpaired) electrons. The molecule has 0 unspecified atom stereocenters. The first-order valence-corrected chi connectivity index (χ1v) is 18.0. The van der Waals surface area contributed by atoms with Gasteiger partial charge in [0.05, 0.1) is 34.9 Å². The predicted octanol–water partition coefficient (Wildman–Crippen LogP) is 14.4. The van der Waals surface area contributed by atoms with E-state index in [4.69, 9.17) is 0 Å². The molecule has 56 heavy (non-hydrogen) atoms. The number of carbonyl (C=O) groups excluding carboxylic acids is 2. The van der Waals surface area contributed by atoms with Gasteiger partial charge in [-0.1, -0.05) is 107 Å². The van der Waals surface area contributed by atoms with Gasteiger partial charge in [0, 0.05) is 22.3 Å². The van der Waals surface area contributed by atoms with Gasteiger partial charge in [-0.3, -0.25) is 9.59 Å². The van der Waals surface area contributed by atoms with Crippen LogP contribution in [0.5, 0.6) is 0 Å². The summed E-state index contributed by atoms with van der Waals surface area (Å²) in [4.78, 5) is 26.6. The molecule has 0 saturated carbocycles. The Bertz CT molecular complexity index is 1950. The zero-order valence-corrected chi connectivity index (χ0v) is 33.8. The topological polar surface area (TPSA) is 83.6 Å². The molecule has 4 rings (SSSR count). The first-order valence-electron chi connectivity index (χ1n) is 18.0. The second-order valence-corrected chi connectivity index (χ2v) is 18.0. The van der Waals surface area contributed by atoms with Crippen molar-refractivity contribution in [2.45, 2.75) is 95.4 Å². The molecule has 0 heterocycles. The maximum Gasteiger partial charge on any atom is 0.419 e. The van der Waals surface area contributed by atoms with Gasteiger partial charge in [-0.05, 0) is 80.4 Å². The number of azo groups is 2. The summed E-state index contributed by atoms with van der Waals surface area (Å²) in [5.74, 6) is -0.290. The van der Waals surface area contributed by atoms with Crippen molar-refractivity contribution in [2.75, 3.05) is 0 Å². The van der Waals surface area contributed by atoms with E-state index in [1.165, 1.54) is 24.5 Å². The van der Waals surface area contributed by atoms with Crippen molar-refractivity contribution in [1.29, 1.82) is 0 Å². The van der Waals surface area contributed by atoms with Crippen LogP contribution in [0, 0.1) is 21.7 Å². The quantitative estimate of drug-likeness (QED) is 0.224. The molecule has 298 valence electrons. The van der Waals surface area contributed by atoms with Crippen LogP contribution in [-0.2, 0) is 21.9 Å². The highest BCUT2D eigenvalue weighted by molar-refractivity contribution is 6.12. The molecule has 0 fully saturated rings. The molecule has 2 aromatic carbocycles. The summed E-state index contributed by atoms with van der Waals surface area (Å²) >= 11 is 0. The number of hydrogen-bond acceptors (Lipinski definition) is 6. The summed E-state index contributed by atoms with van der Waals surface area (Å²) in [5.41, 5.74) is -5.21. The SMILES string of the molecule is CC(C)(C)C1=CC(=C/N=N/c2cccc(-c3cccc(/N=N/C=C4C=C(C(C)(C)C)C(=O)C(C(C)(C)C)=C4)c3C(F)(F)F)c2C(F)(F)F)C=C(C(C)(C)C)C1=O. The Morgan fingerprint density at radius 1 is 0.446 bits per heavy atom. The van der Waals surface area contributed by atoms with Gasteiger partial charge in [0.25, 0.3) is 0 Å². The number of allylic oxidation sites excluding steroid dienone is 10. The first kappa shape index (κ1) is 43.7. The summed E-state index contributed by atoms with van der Waals surface area (Å²) in [6.45, 7) is 22.4. The number of hydrogen-bond donors (Lipinski definition) is 0. The van der Waals surface area contributed by atoms with Crippen LogP contribution in [0.4, 0.5) is 37.7 Å². The largest absolute Gasteiger partial charge is 0.419 e. The number of alkyl halides is 6. The van der Waals surface area contributed by atoms with Crippen LogP contribution in [0.2, 0.25) is 0 Å². The minimum absolute atomic E-state index is 0.145. The third kappa shape index (κ3) is 9.86. The fourth-order valence-electron chi connectivity index (χ4n) is 6.29. The van der Waals surface area contributed by atoms with Gasteiger partial charge in [-0.15, -0.1) is 0 Å². The van der Waals surface area contributed by atoms with Crippen molar-refractivity contribution in [3.63, 3.8) is 0 Å². The zero-order valence-electron chi connectivity index (χ0n) is 33.8. The maximum atomic E-state index is 14.8. The molecule has 0 bridgehead atoms. The molecular formula is C44H48F6N4O2. The van der Waals surface area contributed by atoms with Crippen molar-refractivity contribution >= 4 is 22.9 Å². The number of carbonyl (C=O) groups is 2. The van der Waals surface area contributed by atoms with Gasteiger partial charge in [-0.25, -0.2) is 0 Å². The van der Waals surface area contributed by atoms with Crippen LogP contribution in [0.25, 0.3) is 11.1 Å². The summed E-state index contributed by atoms with van der Waals surface area (Å²) in [5, 5.41) is 15.5. The maximum absolute atomic E-state index is 14.8. The van der Waals surface area contributed by atoms with E-state index in [2.05, 4.69) is 20.5 Å². The molecule has 12 heteroatoms. The Labute approximate surface area is 324 Å². The monoisotopic (exact) mass is 778 g/mol. The lowest BCUT2D eigenvalue weighted by Gasteiger charge is -2.31. The van der Waals surface area contributed by atoms with Crippen LogP contribution >= 0.6 is 0 Å². The minimum atomic E-state index is -5.15. The number of benzene rings is 2. The fraction of sp³-hybridized carbons (Fsp3) is 0.409. The van der Waals surface area contributed by atoms with Crippen LogP contribution < -0.4 is 0 Å². The van der Waals surface area contributed by atoms with E-state index in [0.717, 1.165) is 24.3 Å². The zero-order chi connectivity index (χ0) is 42.4. The number of Topliss-reactive ketones (excluding diaryl/α,β-unsaturated/α-hetero) is 2. The van der Waals surface area contributed by atoms with E-state index >= 15 is 0 Å². The molecule has 0 aliphatic heterocycles. The third-order valence-electron chi connectivity index (χ3n) is 9.14. The summed E-state index contributed by atoms with van der Waals surface area (Å²) < 4.78 is 89.0. The molecule has 2 aromatic rings. The van der Waals surface area contributed by atoms with Crippen molar-refractivity contribution in [2.24, 2.45) is 42.1 Å². The Balaban J connectivity index is 1.86. The Hall–Kier alpha value is -5.00. The molecule has 2 aliphatic carbocycles. The second-order valence-electron chi connectivity index (χ2n) is 18.0. The van der Waals surface area contributed by atoms with Crippen molar-refractivity contribution in [3.8, 4) is 11.1 Å². The molecule has 0 saturated heterocycles. The average Bonchev–Trinajstić information content (AvgIpc) is 3.02. The first-order chi connectivity index (χ1) is 25.4. The van der Waals surface area contributed by atoms with Gasteiger partial charge >= 0.3 is 12.4 Å². The van der Waals surface area contributed by atoms with Gasteiger partial charge in [0.1, 0.15) is 0 Å². The minimum Gasteiger partial charge on any atom is -0.289 e. The molecule has 0 amide bonds. The summed E-state index contributed by atoms with van der Waals surface area (Å²) in [7, 11) is 0. The highest BCUT2D eigenvalue weighted by Gasteiger charge is 2.42. The van der Waals surface area contributed by atoms with Crippen molar-refractivity contribution < 1.29 is 35.9 Å². The number of ketones is 2. The van der Waals surface area contributed by atoms with Crippen LogP contribution in [0.15, 0.2) is 127 Å². The van der Waals surface area contributed by atoms with E-state index in [1.807, 2.05) is 83.1 Å². The molecule has 2 aliphatic rings. The Kier molecular flexibility index (Phi) is 11.8. The Morgan fingerprint density at radius 3 is 0.946 bits per heavy atom. The highest BCUT2D eigenvalue weighted by Crippen LogP contribution is 2.49. The fourth-order valence-corrected chi connectivity index (χ4v) is 6.29. The normalized spacial score (nSPS) is 16.7. The van der Waals surface area contributed by atoms with E-state index in [9.17, 15) is 35.9 Å². The molecule has 0 aromatic heterocycles. The molecule has 0 spiro atoms. The predicted molar refractivity (Wildman–Crippen MR) is 207 cm³/mol. The smallest absolute Gasteiger partial charge is 0.289 e. The van der Waals surface area contributed by atoms with Crippen LogP contribution in [0.1, 0.15) is 94.2 Å². The summed E-state index contributed by atoms with van der Waals surface area (Å²) in [6, 6.07) is 6.25. The van der Waals surface area contributed by atoms with Gasteiger partial charge in [0.2, 0.25) is 0 Å². The standard InChI is InChI=1S/C44H48F6N4O2/c1-39(2,3)29-19-25(20-30(37(29)55)40(4,5)6)23-51-53-33-17-13-15-27(35(33)43(45,46)47)28-16-14-18-34(36(28)44(48,49)50)54-52-24-26-21-31(41(7,8)9)38(56)32(22-26)42(10,11)12/h13-24H,1-12H3/b53-51+,54-52+. The van der Waals surface area contributed by atoms with E-state index in [1.54, 1.807) is 24.3 Å². The number of nitrogens with zero attached hydrogens (tertiary/aromatic N) is 4. The molecular weight excluding hydrogens is 730 g/mol. The lowest BCUT2D eigenvalue weighted by molar-refractivity contribution is -0.138. The lowest BCUT2D eigenvalue weighted by atomic mass is 9.72. The van der Waals surface area contributed by atoms with Crippen LogP contribution in [-0.4, -0.2) is 11.6 Å². The molecule has 6 nitrogen and oxygen atoms in total. The number of halogens is 6. The lowest BCUT2D eigenvalue weighted by Crippen LogP contribution is -2.27. The highest BCUT2D eigenvalue weighted by atomic mass is 19.4. The Morgan fingerprint density at radius 2 is 0.714 bits per heavy atom. The second kappa shape index (κ2) is 15.2. The summed E-state index contributed by atoms with van der Waals surface area (Å²) in [6.07, 6.45) is -1.43. The number of rotatable bonds is 5. The third-order valence-corrected chi connectivity index (χ3v) is 9.14.